The molecule has 0 aromatic carbocycles. The van der Waals surface area contributed by atoms with Crippen molar-refractivity contribution in [3.8, 4) is 0 Å². The molecule has 0 fully saturated rings. The monoisotopic (exact) mass is 330 g/mol. The highest BCUT2D eigenvalue weighted by Crippen LogP contribution is 2.15. The van der Waals surface area contributed by atoms with Crippen LogP contribution in [0.15, 0.2) is 0 Å². The topological polar surface area (TPSA) is 44.8 Å². The molecule has 0 amide bonds. The summed E-state index contributed by atoms with van der Waals surface area (Å²) < 4.78 is 4.98. The predicted molar refractivity (Wildman–Crippen MR) is 94.3 cm³/mol. The van der Waals surface area contributed by atoms with Crippen molar-refractivity contribution in [2.75, 3.05) is 6.61 Å². The van der Waals surface area contributed by atoms with Gasteiger partial charge in [-0.1, -0.05) is 85.0 Å². The minimum absolute atomic E-state index is 0.00400. The summed E-state index contributed by atoms with van der Waals surface area (Å²) in [4.78, 5) is 21.6. The molecule has 138 valence electrons. The molecule has 1 atom stereocenters. The van der Waals surface area contributed by atoms with Crippen molar-refractivity contribution in [3.63, 3.8) is 0 Å². The Morgan fingerprint density at radius 1 is 0.739 bits per heavy atom. The van der Waals surface area contributed by atoms with Crippen molar-refractivity contribution in [2.24, 2.45) is 0 Å². The van der Waals surface area contributed by atoms with E-state index in [4.69, 9.17) is 14.5 Å². The Labute approximate surface area is 143 Å². The molecule has 0 radical (unpaired) electrons. The van der Waals surface area contributed by atoms with E-state index in [1.54, 1.807) is 0 Å². The van der Waals surface area contributed by atoms with E-state index in [2.05, 4.69) is 20.8 Å². The third-order valence-corrected chi connectivity index (χ3v) is 3.98. The Balaban J connectivity index is 3.78. The fraction of sp³-hybridized carbons (Fsp3) is 0.947. The Hall–Kier alpha value is -0.770. The molecule has 0 aliphatic heterocycles. The molecule has 23 heavy (non-hydrogen) atoms. The van der Waals surface area contributed by atoms with Gasteiger partial charge >= 0.3 is 6.16 Å². The SMILES string of the molecule is CCCCCCCCC(CCCC)OOC(=O)OCCCCC. The van der Waals surface area contributed by atoms with Crippen LogP contribution in [0.3, 0.4) is 0 Å². The Kier molecular flexibility index (Phi) is 17.0. The predicted octanol–water partition coefficient (Wildman–Crippen LogP) is 6.57. The van der Waals surface area contributed by atoms with Gasteiger partial charge in [0.1, 0.15) is 6.10 Å². The second-order valence-electron chi connectivity index (χ2n) is 6.31. The van der Waals surface area contributed by atoms with E-state index in [9.17, 15) is 4.79 Å². The molecule has 0 aliphatic carbocycles. The van der Waals surface area contributed by atoms with Gasteiger partial charge in [-0.3, -0.25) is 4.89 Å². The Morgan fingerprint density at radius 2 is 1.30 bits per heavy atom. The maximum absolute atomic E-state index is 11.5. The molecule has 0 N–H and O–H groups in total. The molecule has 0 heterocycles. The molecule has 4 nitrogen and oxygen atoms in total. The van der Waals surface area contributed by atoms with E-state index in [0.717, 1.165) is 51.4 Å². The number of hydrogen-bond acceptors (Lipinski definition) is 4. The molecule has 0 bridgehead atoms. The number of rotatable bonds is 16. The van der Waals surface area contributed by atoms with Crippen LogP contribution in [0.5, 0.6) is 0 Å². The quantitative estimate of drug-likeness (QED) is 0.139. The van der Waals surface area contributed by atoms with Crippen LogP contribution in [0.2, 0.25) is 0 Å². The first-order valence-electron chi connectivity index (χ1n) is 9.74. The minimum atomic E-state index is -0.703. The van der Waals surface area contributed by atoms with Gasteiger partial charge in [0.25, 0.3) is 0 Å². The standard InChI is InChI=1S/C19H38O4/c1-4-7-10-11-12-13-16-18(15-9-6-3)22-23-19(20)21-17-14-8-5-2/h18H,4-17H2,1-3H3. The summed E-state index contributed by atoms with van der Waals surface area (Å²) in [6.45, 7) is 6.91. The molecule has 0 aliphatic rings. The van der Waals surface area contributed by atoms with Gasteiger partial charge in [0.05, 0.1) is 6.61 Å². The summed E-state index contributed by atoms with van der Waals surface area (Å²) in [6, 6.07) is 0. The maximum atomic E-state index is 11.5. The zero-order valence-corrected chi connectivity index (χ0v) is 15.6. The number of carbonyl (C=O) groups excluding carboxylic acids is 1. The largest absolute Gasteiger partial charge is 0.540 e. The zero-order chi connectivity index (χ0) is 17.2. The van der Waals surface area contributed by atoms with Crippen molar-refractivity contribution in [3.05, 3.63) is 0 Å². The average molecular weight is 331 g/mol. The lowest BCUT2D eigenvalue weighted by Gasteiger charge is -2.15. The second-order valence-corrected chi connectivity index (χ2v) is 6.31. The van der Waals surface area contributed by atoms with Crippen LogP contribution in [0.4, 0.5) is 4.79 Å². The molecule has 0 rings (SSSR count). The fourth-order valence-electron chi connectivity index (χ4n) is 2.46. The second kappa shape index (κ2) is 17.6. The lowest BCUT2D eigenvalue weighted by Crippen LogP contribution is -2.18. The number of ether oxygens (including phenoxy) is 1. The summed E-state index contributed by atoms with van der Waals surface area (Å²) in [5, 5.41) is 0. The number of unbranched alkanes of at least 4 members (excludes halogenated alkanes) is 8. The van der Waals surface area contributed by atoms with Gasteiger partial charge < -0.3 is 4.74 Å². The highest BCUT2D eigenvalue weighted by atomic mass is 17.2. The van der Waals surface area contributed by atoms with Crippen molar-refractivity contribution in [1.82, 2.24) is 0 Å². The molecule has 0 aromatic rings. The maximum Gasteiger partial charge on any atom is 0.540 e. The van der Waals surface area contributed by atoms with Crippen LogP contribution in [0.25, 0.3) is 0 Å². The fourth-order valence-corrected chi connectivity index (χ4v) is 2.46. The lowest BCUT2D eigenvalue weighted by atomic mass is 10.0. The van der Waals surface area contributed by atoms with E-state index < -0.39 is 6.16 Å². The van der Waals surface area contributed by atoms with Crippen LogP contribution < -0.4 is 0 Å². The summed E-state index contributed by atoms with van der Waals surface area (Å²) in [5.74, 6) is 0. The Bertz CT molecular complexity index is 256. The van der Waals surface area contributed by atoms with E-state index in [1.165, 1.54) is 32.1 Å². The van der Waals surface area contributed by atoms with Crippen molar-refractivity contribution in [2.45, 2.75) is 110 Å². The summed E-state index contributed by atoms with van der Waals surface area (Å²) in [7, 11) is 0. The third-order valence-electron chi connectivity index (χ3n) is 3.98. The van der Waals surface area contributed by atoms with Gasteiger partial charge in [-0.15, -0.1) is 0 Å². The van der Waals surface area contributed by atoms with E-state index in [1.807, 2.05) is 0 Å². The molecular weight excluding hydrogens is 292 g/mol. The lowest BCUT2D eigenvalue weighted by molar-refractivity contribution is -0.289. The van der Waals surface area contributed by atoms with Crippen molar-refractivity contribution >= 4 is 6.16 Å². The van der Waals surface area contributed by atoms with Gasteiger partial charge in [-0.25, -0.2) is 4.79 Å². The van der Waals surface area contributed by atoms with Crippen LogP contribution in [0.1, 0.15) is 104 Å². The molecule has 4 heteroatoms. The van der Waals surface area contributed by atoms with E-state index in [0.29, 0.717) is 6.61 Å². The van der Waals surface area contributed by atoms with Crippen LogP contribution >= 0.6 is 0 Å². The van der Waals surface area contributed by atoms with Crippen molar-refractivity contribution < 1.29 is 19.3 Å². The Morgan fingerprint density at radius 3 is 2.00 bits per heavy atom. The molecule has 0 saturated carbocycles. The molecule has 0 saturated heterocycles. The normalized spacial score (nSPS) is 12.1. The number of hydrogen-bond donors (Lipinski definition) is 0. The van der Waals surface area contributed by atoms with Gasteiger partial charge in [0.15, 0.2) is 0 Å². The van der Waals surface area contributed by atoms with Gasteiger partial charge in [-0.2, -0.15) is 4.89 Å². The molecule has 0 aromatic heterocycles. The van der Waals surface area contributed by atoms with E-state index in [-0.39, 0.29) is 6.10 Å². The highest BCUT2D eigenvalue weighted by molar-refractivity contribution is 5.58. The van der Waals surface area contributed by atoms with Gasteiger partial charge in [0.2, 0.25) is 0 Å². The minimum Gasteiger partial charge on any atom is -0.432 e. The smallest absolute Gasteiger partial charge is 0.432 e. The first kappa shape index (κ1) is 22.2. The van der Waals surface area contributed by atoms with Crippen LogP contribution in [0, 0.1) is 0 Å². The third kappa shape index (κ3) is 15.9. The van der Waals surface area contributed by atoms with Crippen LogP contribution in [-0.4, -0.2) is 18.9 Å². The molecular formula is C19H38O4. The zero-order valence-electron chi connectivity index (χ0n) is 15.6. The summed E-state index contributed by atoms with van der Waals surface area (Å²) >= 11 is 0. The van der Waals surface area contributed by atoms with Crippen molar-refractivity contribution in [1.29, 1.82) is 0 Å². The first-order chi connectivity index (χ1) is 11.2. The first-order valence-corrected chi connectivity index (χ1v) is 9.74. The summed E-state index contributed by atoms with van der Waals surface area (Å²) in [5.41, 5.74) is 0. The molecule has 1 unspecified atom stereocenters. The average Bonchev–Trinajstić information content (AvgIpc) is 2.56. The summed E-state index contributed by atoms with van der Waals surface area (Å²) in [6.07, 6.45) is 14.0. The van der Waals surface area contributed by atoms with E-state index >= 15 is 0 Å². The molecule has 0 spiro atoms. The van der Waals surface area contributed by atoms with Gasteiger partial charge in [-0.05, 0) is 19.3 Å². The highest BCUT2D eigenvalue weighted by Gasteiger charge is 2.14. The number of carbonyl (C=O) groups is 1. The van der Waals surface area contributed by atoms with Gasteiger partial charge in [0, 0.05) is 0 Å². The van der Waals surface area contributed by atoms with Crippen LogP contribution in [-0.2, 0) is 14.5 Å².